The lowest BCUT2D eigenvalue weighted by atomic mass is 10.2. The second-order valence-corrected chi connectivity index (χ2v) is 8.05. The van der Waals surface area contributed by atoms with Gasteiger partial charge in [-0.3, -0.25) is 4.98 Å². The molecular weight excluding hydrogens is 416 g/mol. The van der Waals surface area contributed by atoms with Crippen LogP contribution in [0.4, 0.5) is 0 Å². The fourth-order valence-corrected chi connectivity index (χ4v) is 3.78. The minimum atomic E-state index is -3.64. The van der Waals surface area contributed by atoms with Crippen molar-refractivity contribution >= 4 is 27.3 Å². The first-order valence-electron chi connectivity index (χ1n) is 8.54. The van der Waals surface area contributed by atoms with E-state index < -0.39 is 10.0 Å². The number of fused-ring (bicyclic) bond motifs is 1. The summed E-state index contributed by atoms with van der Waals surface area (Å²) < 4.78 is 33.9. The van der Waals surface area contributed by atoms with Gasteiger partial charge in [0.25, 0.3) is 0 Å². The maximum absolute atomic E-state index is 12.2. The van der Waals surface area contributed by atoms with Crippen molar-refractivity contribution < 1.29 is 13.2 Å². The first-order valence-corrected chi connectivity index (χ1v) is 10.4. The van der Waals surface area contributed by atoms with Crippen LogP contribution in [0.2, 0.25) is 5.02 Å². The van der Waals surface area contributed by atoms with Crippen molar-refractivity contribution in [3.8, 4) is 17.3 Å². The predicted octanol–water partition coefficient (Wildman–Crippen LogP) is 2.20. The van der Waals surface area contributed by atoms with E-state index in [0.717, 1.165) is 0 Å². The normalized spacial score (nSPS) is 11.6. The van der Waals surface area contributed by atoms with Gasteiger partial charge < -0.3 is 4.74 Å². The zero-order valence-corrected chi connectivity index (χ0v) is 16.5. The predicted molar refractivity (Wildman–Crippen MR) is 106 cm³/mol. The largest absolute Gasteiger partial charge is 0.475 e. The lowest BCUT2D eigenvalue weighted by Gasteiger charge is -2.08. The van der Waals surface area contributed by atoms with Crippen LogP contribution in [0.1, 0.15) is 0 Å². The minimum absolute atomic E-state index is 0.0660. The highest BCUT2D eigenvalue weighted by Gasteiger charge is 2.14. The van der Waals surface area contributed by atoms with Gasteiger partial charge in [0.05, 0.1) is 5.02 Å². The van der Waals surface area contributed by atoms with Crippen LogP contribution in [0.5, 0.6) is 5.88 Å². The van der Waals surface area contributed by atoms with Crippen LogP contribution in [0.3, 0.4) is 0 Å². The summed E-state index contributed by atoms with van der Waals surface area (Å²) in [5.74, 6) is 0.777. The Balaban J connectivity index is 1.45. The third-order valence-electron chi connectivity index (χ3n) is 3.94. The molecule has 9 nitrogen and oxygen atoms in total. The summed E-state index contributed by atoms with van der Waals surface area (Å²) in [7, 11) is -3.64. The summed E-state index contributed by atoms with van der Waals surface area (Å²) in [5, 5.41) is 13.1. The highest BCUT2D eigenvalue weighted by Crippen LogP contribution is 2.26. The molecule has 11 heteroatoms. The van der Waals surface area contributed by atoms with E-state index in [1.54, 1.807) is 24.3 Å². The summed E-state index contributed by atoms with van der Waals surface area (Å²) in [5.41, 5.74) is 1.22. The molecule has 0 amide bonds. The Morgan fingerprint density at radius 2 is 1.93 bits per heavy atom. The maximum atomic E-state index is 12.2. The number of pyridine rings is 1. The third kappa shape index (κ3) is 4.19. The molecule has 0 saturated heterocycles. The van der Waals surface area contributed by atoms with Crippen LogP contribution < -0.4 is 9.46 Å². The summed E-state index contributed by atoms with van der Waals surface area (Å²) >= 11 is 6.24. The van der Waals surface area contributed by atoms with E-state index in [9.17, 15) is 8.42 Å². The molecule has 0 aliphatic rings. The molecule has 0 unspecified atom stereocenters. The van der Waals surface area contributed by atoms with Gasteiger partial charge in [-0.25, -0.2) is 13.1 Å². The molecule has 0 atom stereocenters. The van der Waals surface area contributed by atoms with Gasteiger partial charge in [-0.15, -0.1) is 15.3 Å². The van der Waals surface area contributed by atoms with Crippen LogP contribution in [0.15, 0.2) is 65.8 Å². The van der Waals surface area contributed by atoms with E-state index in [4.69, 9.17) is 16.3 Å². The Morgan fingerprint density at radius 3 is 2.72 bits per heavy atom. The second kappa shape index (κ2) is 8.11. The molecule has 4 rings (SSSR count). The van der Waals surface area contributed by atoms with Crippen LogP contribution in [-0.4, -0.2) is 46.4 Å². The number of benzene rings is 1. The Hall–Kier alpha value is -3.08. The molecule has 0 bridgehead atoms. The molecule has 148 valence electrons. The summed E-state index contributed by atoms with van der Waals surface area (Å²) in [6.07, 6.45) is 2.78. The average Bonchev–Trinajstić information content (AvgIpc) is 3.15. The summed E-state index contributed by atoms with van der Waals surface area (Å²) in [4.78, 5) is 3.90. The van der Waals surface area contributed by atoms with Crippen molar-refractivity contribution in [2.45, 2.75) is 4.90 Å². The summed E-state index contributed by atoms with van der Waals surface area (Å²) in [6, 6.07) is 13.6. The van der Waals surface area contributed by atoms with E-state index in [-0.39, 0.29) is 18.0 Å². The Labute approximate surface area is 171 Å². The smallest absolute Gasteiger partial charge is 0.242 e. The SMILES string of the molecule is O=S(=O)(NCCOc1ccc2nnc(-c3ccccc3Cl)n2n1)c1cccnc1. The molecular formula is C18H15ClN6O3S. The van der Waals surface area contributed by atoms with Gasteiger partial charge in [0.2, 0.25) is 15.9 Å². The molecule has 3 heterocycles. The Kier molecular flexibility index (Phi) is 5.38. The molecule has 0 aliphatic heterocycles. The maximum Gasteiger partial charge on any atom is 0.242 e. The average molecular weight is 431 g/mol. The minimum Gasteiger partial charge on any atom is -0.475 e. The van der Waals surface area contributed by atoms with Gasteiger partial charge in [0.15, 0.2) is 11.5 Å². The third-order valence-corrected chi connectivity index (χ3v) is 5.72. The van der Waals surface area contributed by atoms with Crippen molar-refractivity contribution in [2.24, 2.45) is 0 Å². The number of rotatable bonds is 7. The van der Waals surface area contributed by atoms with Crippen molar-refractivity contribution in [1.82, 2.24) is 29.5 Å². The molecule has 0 radical (unpaired) electrons. The second-order valence-electron chi connectivity index (χ2n) is 5.88. The van der Waals surface area contributed by atoms with E-state index >= 15 is 0 Å². The number of nitrogens with zero attached hydrogens (tertiary/aromatic N) is 5. The number of hydrogen-bond donors (Lipinski definition) is 1. The van der Waals surface area contributed by atoms with Crippen molar-refractivity contribution in [2.75, 3.05) is 13.2 Å². The topological polar surface area (TPSA) is 111 Å². The van der Waals surface area contributed by atoms with Gasteiger partial charge >= 0.3 is 0 Å². The molecule has 0 spiro atoms. The van der Waals surface area contributed by atoms with Gasteiger partial charge in [-0.1, -0.05) is 23.7 Å². The Bertz CT molecular complexity index is 1250. The van der Waals surface area contributed by atoms with E-state index in [1.807, 2.05) is 18.2 Å². The van der Waals surface area contributed by atoms with Crippen molar-refractivity contribution in [3.63, 3.8) is 0 Å². The molecule has 1 aromatic carbocycles. The molecule has 3 aromatic heterocycles. The number of sulfonamides is 1. The first-order chi connectivity index (χ1) is 14.0. The number of halogens is 1. The van der Waals surface area contributed by atoms with Gasteiger partial charge in [0, 0.05) is 30.6 Å². The van der Waals surface area contributed by atoms with Gasteiger partial charge in [0.1, 0.15) is 11.5 Å². The van der Waals surface area contributed by atoms with E-state index in [2.05, 4.69) is 25.0 Å². The van der Waals surface area contributed by atoms with Crippen molar-refractivity contribution in [1.29, 1.82) is 0 Å². The van der Waals surface area contributed by atoms with Gasteiger partial charge in [-0.05, 0) is 30.3 Å². The number of nitrogens with one attached hydrogen (secondary N) is 1. The molecule has 29 heavy (non-hydrogen) atoms. The summed E-state index contributed by atoms with van der Waals surface area (Å²) in [6.45, 7) is 0.151. The highest BCUT2D eigenvalue weighted by atomic mass is 35.5. The fourth-order valence-electron chi connectivity index (χ4n) is 2.58. The molecule has 0 aliphatic carbocycles. The fraction of sp³-hybridized carbons (Fsp3) is 0.111. The van der Waals surface area contributed by atoms with Crippen LogP contribution in [-0.2, 0) is 10.0 Å². The molecule has 0 saturated carbocycles. The zero-order valence-electron chi connectivity index (χ0n) is 14.9. The monoisotopic (exact) mass is 430 g/mol. The van der Waals surface area contributed by atoms with Crippen LogP contribution >= 0.6 is 11.6 Å². The van der Waals surface area contributed by atoms with Crippen molar-refractivity contribution in [3.05, 3.63) is 65.9 Å². The number of aromatic nitrogens is 5. The highest BCUT2D eigenvalue weighted by molar-refractivity contribution is 7.89. The number of ether oxygens (including phenoxy) is 1. The molecule has 1 N–H and O–H groups in total. The molecule has 0 fully saturated rings. The van der Waals surface area contributed by atoms with Gasteiger partial charge in [-0.2, -0.15) is 4.52 Å². The number of hydrogen-bond acceptors (Lipinski definition) is 7. The Morgan fingerprint density at radius 1 is 1.07 bits per heavy atom. The first kappa shape index (κ1) is 19.2. The van der Waals surface area contributed by atoms with E-state index in [0.29, 0.717) is 27.9 Å². The van der Waals surface area contributed by atoms with Crippen LogP contribution in [0, 0.1) is 0 Å². The van der Waals surface area contributed by atoms with E-state index in [1.165, 1.54) is 23.0 Å². The zero-order chi connectivity index (χ0) is 20.3. The quantitative estimate of drug-likeness (QED) is 0.447. The lowest BCUT2D eigenvalue weighted by molar-refractivity contribution is 0.306. The van der Waals surface area contributed by atoms with Crippen LogP contribution in [0.25, 0.3) is 17.0 Å². The lowest BCUT2D eigenvalue weighted by Crippen LogP contribution is -2.28. The standard InChI is InChI=1S/C18H15ClN6O3S/c19-15-6-2-1-5-14(15)18-23-22-16-7-8-17(24-25(16)18)28-11-10-21-29(26,27)13-4-3-9-20-12-13/h1-9,12,21H,10-11H2. The molecule has 4 aromatic rings.